The van der Waals surface area contributed by atoms with E-state index < -0.39 is 0 Å². The fourth-order valence-corrected chi connectivity index (χ4v) is 7.72. The first kappa shape index (κ1) is 30.8. The van der Waals surface area contributed by atoms with Crippen LogP contribution in [-0.2, 0) is 0 Å². The largest absolute Gasteiger partial charge is 0.264 e. The van der Waals surface area contributed by atoms with Crippen molar-refractivity contribution in [2.24, 2.45) is 0 Å². The lowest BCUT2D eigenvalue weighted by Gasteiger charge is -2.17. The summed E-state index contributed by atoms with van der Waals surface area (Å²) in [5.74, 6) is -0.267. The van der Waals surface area contributed by atoms with Gasteiger partial charge in [-0.25, -0.2) is 9.37 Å². The first-order valence-corrected chi connectivity index (χ1v) is 17.7. The SMILES string of the molecule is Fc1ccc(-c2nc3cc(-c4ccc(-c5cc(-c6cccnc6)cc(-c6cccnc6)c5)cc4)ccc3c3c4ccccc4c4ccccc4c23)cc1. The fourth-order valence-electron chi connectivity index (χ4n) is 7.72. The molecule has 53 heavy (non-hydrogen) atoms. The highest BCUT2D eigenvalue weighted by molar-refractivity contribution is 6.33. The van der Waals surface area contributed by atoms with E-state index in [1.54, 1.807) is 12.4 Å². The third-order valence-electron chi connectivity index (χ3n) is 10.3. The van der Waals surface area contributed by atoms with Crippen LogP contribution in [0.3, 0.4) is 0 Å². The van der Waals surface area contributed by atoms with Gasteiger partial charge >= 0.3 is 0 Å². The van der Waals surface area contributed by atoms with Crippen molar-refractivity contribution >= 4 is 43.2 Å². The molecule has 0 radical (unpaired) electrons. The highest BCUT2D eigenvalue weighted by Gasteiger charge is 2.18. The van der Waals surface area contributed by atoms with E-state index in [1.807, 2.05) is 36.7 Å². The number of halogens is 1. The number of aromatic nitrogens is 3. The van der Waals surface area contributed by atoms with Crippen LogP contribution in [0, 0.1) is 5.82 Å². The first-order chi connectivity index (χ1) is 26.2. The van der Waals surface area contributed by atoms with Gasteiger partial charge in [0.15, 0.2) is 0 Å². The van der Waals surface area contributed by atoms with Crippen molar-refractivity contribution in [3.63, 3.8) is 0 Å². The monoisotopic (exact) mass is 679 g/mol. The van der Waals surface area contributed by atoms with Crippen LogP contribution < -0.4 is 0 Å². The van der Waals surface area contributed by atoms with E-state index in [2.05, 4.69) is 131 Å². The minimum absolute atomic E-state index is 0.267. The van der Waals surface area contributed by atoms with E-state index in [4.69, 9.17) is 4.98 Å². The van der Waals surface area contributed by atoms with E-state index in [0.29, 0.717) is 0 Å². The minimum Gasteiger partial charge on any atom is -0.264 e. The summed E-state index contributed by atoms with van der Waals surface area (Å²) in [6.45, 7) is 0. The second kappa shape index (κ2) is 12.6. The van der Waals surface area contributed by atoms with Crippen LogP contribution in [0.1, 0.15) is 0 Å². The Balaban J connectivity index is 1.13. The molecule has 0 N–H and O–H groups in total. The molecule has 10 aromatic rings. The molecule has 3 nitrogen and oxygen atoms in total. The third-order valence-corrected chi connectivity index (χ3v) is 10.3. The average Bonchev–Trinajstić information content (AvgIpc) is 3.24. The van der Waals surface area contributed by atoms with Crippen molar-refractivity contribution in [3.8, 4) is 55.8 Å². The fraction of sp³-hybridized carbons (Fsp3) is 0. The molecule has 0 atom stereocenters. The number of pyridine rings is 3. The summed E-state index contributed by atoms with van der Waals surface area (Å²) in [5, 5.41) is 8.01. The number of benzene rings is 7. The van der Waals surface area contributed by atoms with Crippen molar-refractivity contribution in [1.82, 2.24) is 15.0 Å². The number of hydrogen-bond acceptors (Lipinski definition) is 3. The molecule has 0 bridgehead atoms. The maximum Gasteiger partial charge on any atom is 0.123 e. The molecule has 3 heterocycles. The van der Waals surface area contributed by atoms with Crippen LogP contribution in [0.2, 0.25) is 0 Å². The Morgan fingerprint density at radius 3 is 1.40 bits per heavy atom. The first-order valence-electron chi connectivity index (χ1n) is 17.7. The van der Waals surface area contributed by atoms with Gasteiger partial charge in [0, 0.05) is 57.6 Å². The van der Waals surface area contributed by atoms with Gasteiger partial charge in [-0.15, -0.1) is 0 Å². The number of rotatable bonds is 5. The van der Waals surface area contributed by atoms with E-state index >= 15 is 0 Å². The quantitative estimate of drug-likeness (QED) is 0.170. The second-order valence-electron chi connectivity index (χ2n) is 13.4. The zero-order chi connectivity index (χ0) is 35.3. The molecule has 3 aromatic heterocycles. The highest BCUT2D eigenvalue weighted by Crippen LogP contribution is 2.43. The molecule has 0 aliphatic rings. The average molecular weight is 680 g/mol. The predicted molar refractivity (Wildman–Crippen MR) is 217 cm³/mol. The van der Waals surface area contributed by atoms with Crippen LogP contribution in [0.25, 0.3) is 99.0 Å². The molecule has 0 aliphatic heterocycles. The smallest absolute Gasteiger partial charge is 0.123 e. The number of nitrogens with zero attached hydrogens (tertiary/aromatic N) is 3. The van der Waals surface area contributed by atoms with E-state index in [1.165, 1.54) is 28.3 Å². The van der Waals surface area contributed by atoms with Gasteiger partial charge in [-0.1, -0.05) is 97.1 Å². The highest BCUT2D eigenvalue weighted by atomic mass is 19.1. The maximum atomic E-state index is 14.2. The van der Waals surface area contributed by atoms with Gasteiger partial charge in [-0.2, -0.15) is 0 Å². The van der Waals surface area contributed by atoms with Crippen LogP contribution in [0.15, 0.2) is 183 Å². The van der Waals surface area contributed by atoms with Gasteiger partial charge in [0.2, 0.25) is 0 Å². The van der Waals surface area contributed by atoms with Gasteiger partial charge < -0.3 is 0 Å². The molecule has 0 unspecified atom stereocenters. The Labute approximate surface area is 305 Å². The summed E-state index contributed by atoms with van der Waals surface area (Å²) >= 11 is 0. The van der Waals surface area contributed by atoms with Crippen LogP contribution in [0.5, 0.6) is 0 Å². The topological polar surface area (TPSA) is 38.7 Å². The van der Waals surface area contributed by atoms with Crippen molar-refractivity contribution in [2.45, 2.75) is 0 Å². The van der Waals surface area contributed by atoms with Crippen molar-refractivity contribution < 1.29 is 4.39 Å². The van der Waals surface area contributed by atoms with Gasteiger partial charge in [0.1, 0.15) is 5.82 Å². The normalized spacial score (nSPS) is 11.5. The van der Waals surface area contributed by atoms with Crippen LogP contribution in [-0.4, -0.2) is 15.0 Å². The molecule has 0 amide bonds. The van der Waals surface area contributed by atoms with Crippen LogP contribution in [0.4, 0.5) is 4.39 Å². The lowest BCUT2D eigenvalue weighted by atomic mass is 9.89. The van der Waals surface area contributed by atoms with E-state index in [0.717, 1.165) is 82.8 Å². The third kappa shape index (κ3) is 5.40. The van der Waals surface area contributed by atoms with Crippen molar-refractivity contribution in [2.75, 3.05) is 0 Å². The Hall–Kier alpha value is -7.04. The second-order valence-corrected chi connectivity index (χ2v) is 13.4. The van der Waals surface area contributed by atoms with Crippen molar-refractivity contribution in [1.29, 1.82) is 0 Å². The standard InChI is InChI=1S/C49H30FN3/c50-40-20-17-33(18-21-40)49-48-44-12-4-2-10-42(44)41-9-1-3-11-43(41)47(48)45-22-19-34(28-46(45)53-49)31-13-15-32(16-14-31)37-25-38(35-7-5-23-51-29-35)27-39(26-37)36-8-6-24-52-30-36/h1-30H. The molecule has 0 fully saturated rings. The number of hydrogen-bond donors (Lipinski definition) is 0. The molecule has 7 aromatic carbocycles. The lowest BCUT2D eigenvalue weighted by molar-refractivity contribution is 0.628. The molecule has 0 spiro atoms. The Bertz CT molecular complexity index is 2920. The summed E-state index contributed by atoms with van der Waals surface area (Å²) in [4.78, 5) is 14.1. The summed E-state index contributed by atoms with van der Waals surface area (Å²) in [6.07, 6.45) is 7.40. The molecule has 248 valence electrons. The maximum absolute atomic E-state index is 14.2. The predicted octanol–water partition coefficient (Wildman–Crippen LogP) is 13.0. The van der Waals surface area contributed by atoms with E-state index in [-0.39, 0.29) is 5.82 Å². The van der Waals surface area contributed by atoms with Gasteiger partial charge in [-0.3, -0.25) is 9.97 Å². The van der Waals surface area contributed by atoms with E-state index in [9.17, 15) is 4.39 Å². The Morgan fingerprint density at radius 2 is 0.830 bits per heavy atom. The molecular weight excluding hydrogens is 650 g/mol. The molecule has 0 saturated heterocycles. The van der Waals surface area contributed by atoms with Gasteiger partial charge in [0.05, 0.1) is 11.2 Å². The molecule has 0 saturated carbocycles. The Kier molecular flexibility index (Phi) is 7.33. The zero-order valence-electron chi connectivity index (χ0n) is 28.5. The molecule has 0 aliphatic carbocycles. The minimum atomic E-state index is -0.267. The van der Waals surface area contributed by atoms with Crippen molar-refractivity contribution in [3.05, 3.63) is 188 Å². The summed E-state index contributed by atoms with van der Waals surface area (Å²) < 4.78 is 14.2. The molecule has 4 heteroatoms. The zero-order valence-corrected chi connectivity index (χ0v) is 28.5. The molecule has 10 rings (SSSR count). The summed E-state index contributed by atoms with van der Waals surface area (Å²) in [5.41, 5.74) is 11.4. The Morgan fingerprint density at radius 1 is 0.340 bits per heavy atom. The molecular formula is C49H30FN3. The number of fused-ring (bicyclic) bond motifs is 8. The summed E-state index contributed by atoms with van der Waals surface area (Å²) in [6, 6.07) is 53.9. The summed E-state index contributed by atoms with van der Waals surface area (Å²) in [7, 11) is 0. The van der Waals surface area contributed by atoms with Crippen LogP contribution >= 0.6 is 0 Å². The van der Waals surface area contributed by atoms with Gasteiger partial charge in [0.25, 0.3) is 0 Å². The van der Waals surface area contributed by atoms with Gasteiger partial charge in [-0.05, 0) is 116 Å². The lowest BCUT2D eigenvalue weighted by Crippen LogP contribution is -1.94.